The number of ether oxygens (including phenoxy) is 3. The monoisotopic (exact) mass is 831 g/mol. The highest BCUT2D eigenvalue weighted by molar-refractivity contribution is 5.69. The summed E-state index contributed by atoms with van der Waals surface area (Å²) in [5.41, 5.74) is 0. The molecular weight excluding hydrogens is 725 g/mol. The molecule has 0 aliphatic heterocycles. The maximum absolute atomic E-state index is 12.8. The van der Waals surface area contributed by atoms with Crippen molar-refractivity contribution >= 4 is 5.97 Å². The van der Waals surface area contributed by atoms with E-state index < -0.39 is 0 Å². The Morgan fingerprint density at radius 3 is 0.898 bits per heavy atom. The summed E-state index contributed by atoms with van der Waals surface area (Å²) in [6.07, 6.45) is 63.5. The van der Waals surface area contributed by atoms with Crippen molar-refractivity contribution in [2.24, 2.45) is 0 Å². The van der Waals surface area contributed by atoms with E-state index >= 15 is 0 Å². The van der Waals surface area contributed by atoms with Crippen LogP contribution in [0.3, 0.4) is 0 Å². The Balaban J connectivity index is 4.12. The summed E-state index contributed by atoms with van der Waals surface area (Å²) >= 11 is 0. The lowest BCUT2D eigenvalue weighted by atomic mass is 10.0. The molecule has 0 saturated heterocycles. The van der Waals surface area contributed by atoms with Crippen LogP contribution in [0.2, 0.25) is 0 Å². The van der Waals surface area contributed by atoms with Crippen LogP contribution in [0.1, 0.15) is 290 Å². The molecule has 0 aliphatic carbocycles. The van der Waals surface area contributed by atoms with E-state index in [4.69, 9.17) is 14.2 Å². The largest absolute Gasteiger partial charge is 0.457 e. The molecule has 0 heterocycles. The van der Waals surface area contributed by atoms with Gasteiger partial charge >= 0.3 is 5.97 Å². The minimum absolute atomic E-state index is 0.0835. The minimum Gasteiger partial charge on any atom is -0.457 e. The molecule has 0 radical (unpaired) electrons. The number of rotatable bonds is 51. The van der Waals surface area contributed by atoms with Gasteiger partial charge in [0.1, 0.15) is 6.10 Å². The van der Waals surface area contributed by atoms with E-state index in [-0.39, 0.29) is 12.1 Å². The van der Waals surface area contributed by atoms with Gasteiger partial charge in [0.25, 0.3) is 0 Å². The van der Waals surface area contributed by atoms with E-state index in [9.17, 15) is 4.79 Å². The van der Waals surface area contributed by atoms with Gasteiger partial charge in [0.05, 0.1) is 13.2 Å². The van der Waals surface area contributed by atoms with E-state index in [1.54, 1.807) is 0 Å². The third kappa shape index (κ3) is 51.1. The van der Waals surface area contributed by atoms with E-state index in [0.717, 1.165) is 38.9 Å². The molecule has 59 heavy (non-hydrogen) atoms. The third-order valence-corrected chi connectivity index (χ3v) is 12.0. The van der Waals surface area contributed by atoms with Crippen LogP contribution in [-0.4, -0.2) is 38.5 Å². The summed E-state index contributed by atoms with van der Waals surface area (Å²) in [6, 6.07) is 0. The average Bonchev–Trinajstić information content (AvgIpc) is 3.24. The molecule has 0 bridgehead atoms. The molecule has 0 rings (SSSR count). The van der Waals surface area contributed by atoms with Crippen LogP contribution in [0, 0.1) is 0 Å². The lowest BCUT2D eigenvalue weighted by Gasteiger charge is -2.18. The highest BCUT2D eigenvalue weighted by Crippen LogP contribution is 2.15. The first-order chi connectivity index (χ1) is 29.2. The first-order valence-corrected chi connectivity index (χ1v) is 26.9. The molecule has 0 atom stereocenters. The summed E-state index contributed by atoms with van der Waals surface area (Å²) in [5, 5.41) is 0. The molecule has 0 unspecified atom stereocenters. The van der Waals surface area contributed by atoms with Crippen molar-refractivity contribution in [3.8, 4) is 0 Å². The zero-order valence-electron chi connectivity index (χ0n) is 40.5. The van der Waals surface area contributed by atoms with E-state index in [0.29, 0.717) is 19.6 Å². The Bertz CT molecular complexity index is 791. The molecule has 4 nitrogen and oxygen atoms in total. The zero-order chi connectivity index (χ0) is 42.6. The second-order valence-electron chi connectivity index (χ2n) is 18.1. The number of carbonyl (C=O) groups is 1. The average molecular weight is 831 g/mol. The number of allylic oxidation sites excluding steroid dienone is 4. The van der Waals surface area contributed by atoms with Gasteiger partial charge in [0.15, 0.2) is 0 Å². The second-order valence-corrected chi connectivity index (χ2v) is 18.1. The Hall–Kier alpha value is -1.13. The van der Waals surface area contributed by atoms with E-state index in [1.165, 1.54) is 238 Å². The minimum atomic E-state index is -0.298. The number of hydrogen-bond donors (Lipinski definition) is 0. The Morgan fingerprint density at radius 2 is 0.593 bits per heavy atom. The molecule has 0 amide bonds. The predicted molar refractivity (Wildman–Crippen MR) is 261 cm³/mol. The fourth-order valence-corrected chi connectivity index (χ4v) is 7.98. The van der Waals surface area contributed by atoms with Crippen molar-refractivity contribution in [3.05, 3.63) is 24.3 Å². The van der Waals surface area contributed by atoms with Gasteiger partial charge in [-0.1, -0.05) is 238 Å². The van der Waals surface area contributed by atoms with Crippen LogP contribution in [0.5, 0.6) is 0 Å². The molecule has 0 aromatic heterocycles. The van der Waals surface area contributed by atoms with Crippen LogP contribution < -0.4 is 0 Å². The Morgan fingerprint density at radius 1 is 0.339 bits per heavy atom. The number of esters is 1. The van der Waals surface area contributed by atoms with E-state index in [2.05, 4.69) is 45.1 Å². The third-order valence-electron chi connectivity index (χ3n) is 12.0. The van der Waals surface area contributed by atoms with Crippen LogP contribution in [0.4, 0.5) is 0 Å². The van der Waals surface area contributed by atoms with Crippen molar-refractivity contribution in [1.29, 1.82) is 0 Å². The smallest absolute Gasteiger partial charge is 0.306 e. The second kappa shape index (κ2) is 53.0. The van der Waals surface area contributed by atoms with Gasteiger partial charge in [-0.25, -0.2) is 0 Å². The molecule has 0 aromatic carbocycles. The quantitative estimate of drug-likeness (QED) is 0.0348. The maximum atomic E-state index is 12.8. The normalized spacial score (nSPS) is 12.4. The SMILES string of the molecule is CCCCCCCCC=CCCCCCCCCOCC(COCCCCCCCCC=CCCCCCCCC)OC(=O)CCCCCCCCCCCCCCC. The summed E-state index contributed by atoms with van der Waals surface area (Å²) in [6.45, 7) is 9.23. The predicted octanol–water partition coefficient (Wildman–Crippen LogP) is 18.5. The summed E-state index contributed by atoms with van der Waals surface area (Å²) < 4.78 is 18.0. The Labute approximate surface area is 371 Å². The van der Waals surface area contributed by atoms with Crippen molar-refractivity contribution in [2.45, 2.75) is 297 Å². The fourth-order valence-electron chi connectivity index (χ4n) is 7.98. The lowest BCUT2D eigenvalue weighted by Crippen LogP contribution is -2.29. The van der Waals surface area contributed by atoms with Gasteiger partial charge in [-0.05, 0) is 70.6 Å². The van der Waals surface area contributed by atoms with E-state index in [1.807, 2.05) is 0 Å². The van der Waals surface area contributed by atoms with Crippen molar-refractivity contribution in [2.75, 3.05) is 26.4 Å². The van der Waals surface area contributed by atoms with Gasteiger partial charge in [-0.3, -0.25) is 4.79 Å². The van der Waals surface area contributed by atoms with Crippen molar-refractivity contribution < 1.29 is 19.0 Å². The summed E-state index contributed by atoms with van der Waals surface area (Å²) in [5.74, 6) is -0.0835. The van der Waals surface area contributed by atoms with Crippen molar-refractivity contribution in [1.82, 2.24) is 0 Å². The standard InChI is InChI=1S/C55H106O4/c1-4-7-10-13-16-19-22-25-27-29-32-35-38-41-44-47-50-57-52-54(59-55(56)49-46-43-40-37-34-31-24-21-18-15-12-9-6-3)53-58-51-48-45-42-39-36-33-30-28-26-23-20-17-14-11-8-5-2/h25-28,54H,4-24,29-53H2,1-3H3. The van der Waals surface area contributed by atoms with Gasteiger partial charge < -0.3 is 14.2 Å². The topological polar surface area (TPSA) is 44.8 Å². The van der Waals surface area contributed by atoms with Crippen LogP contribution in [0.15, 0.2) is 24.3 Å². The fraction of sp³-hybridized carbons (Fsp3) is 0.909. The van der Waals surface area contributed by atoms with Gasteiger partial charge in [-0.2, -0.15) is 0 Å². The first kappa shape index (κ1) is 57.9. The molecule has 0 aromatic rings. The highest BCUT2D eigenvalue weighted by atomic mass is 16.6. The maximum Gasteiger partial charge on any atom is 0.306 e. The van der Waals surface area contributed by atoms with Crippen LogP contribution in [-0.2, 0) is 19.0 Å². The zero-order valence-corrected chi connectivity index (χ0v) is 40.5. The number of unbranched alkanes of at least 4 members (excludes halogenated alkanes) is 36. The molecule has 0 fully saturated rings. The Kier molecular flexibility index (Phi) is 52.0. The lowest BCUT2D eigenvalue weighted by molar-refractivity contribution is -0.156. The van der Waals surface area contributed by atoms with Gasteiger partial charge in [0.2, 0.25) is 0 Å². The molecule has 0 saturated carbocycles. The summed E-state index contributed by atoms with van der Waals surface area (Å²) in [4.78, 5) is 12.8. The number of carbonyl (C=O) groups excluding carboxylic acids is 1. The summed E-state index contributed by atoms with van der Waals surface area (Å²) in [7, 11) is 0. The van der Waals surface area contributed by atoms with Crippen LogP contribution >= 0.6 is 0 Å². The van der Waals surface area contributed by atoms with Gasteiger partial charge in [-0.15, -0.1) is 0 Å². The molecular formula is C55H106O4. The van der Waals surface area contributed by atoms with Crippen LogP contribution in [0.25, 0.3) is 0 Å². The first-order valence-electron chi connectivity index (χ1n) is 26.9. The molecule has 0 aliphatic rings. The molecule has 0 N–H and O–H groups in total. The highest BCUT2D eigenvalue weighted by Gasteiger charge is 2.15. The molecule has 4 heteroatoms. The molecule has 350 valence electrons. The van der Waals surface area contributed by atoms with Gasteiger partial charge in [0, 0.05) is 19.6 Å². The number of hydrogen-bond acceptors (Lipinski definition) is 4. The molecule has 0 spiro atoms. The van der Waals surface area contributed by atoms with Crippen molar-refractivity contribution in [3.63, 3.8) is 0 Å².